The molecule has 154 valence electrons. The van der Waals surface area contributed by atoms with Crippen LogP contribution in [-0.2, 0) is 16.1 Å². The van der Waals surface area contributed by atoms with E-state index >= 15 is 0 Å². The fourth-order valence-corrected chi connectivity index (χ4v) is 3.68. The smallest absolute Gasteiger partial charge is 0.337 e. The Hall–Kier alpha value is -3.08. The highest BCUT2D eigenvalue weighted by atomic mass is 32.2. The fraction of sp³-hybridized carbons (Fsp3) is 0.389. The van der Waals surface area contributed by atoms with Crippen molar-refractivity contribution in [3.8, 4) is 5.75 Å². The molecule has 1 unspecified atom stereocenters. The molecule has 1 aromatic carbocycles. The number of methoxy groups -OCH3 is 1. The first-order valence-electron chi connectivity index (χ1n) is 9.01. The first-order valence-corrected chi connectivity index (χ1v) is 10.00. The number of benzene rings is 1. The lowest BCUT2D eigenvalue weighted by Crippen LogP contribution is -2.49. The van der Waals surface area contributed by atoms with Gasteiger partial charge in [-0.05, 0) is 42.0 Å². The number of thioether (sulfide) groups is 1. The molecule has 1 aliphatic rings. The highest BCUT2D eigenvalue weighted by Crippen LogP contribution is 2.23. The molecule has 2 amide bonds. The number of nitrogens with zero attached hydrogens (tertiary/aromatic N) is 4. The van der Waals surface area contributed by atoms with Gasteiger partial charge in [0.15, 0.2) is 0 Å². The average molecular weight is 418 g/mol. The van der Waals surface area contributed by atoms with Crippen molar-refractivity contribution in [1.82, 2.24) is 30.8 Å². The zero-order valence-electron chi connectivity index (χ0n) is 16.3. The van der Waals surface area contributed by atoms with Crippen LogP contribution in [0.3, 0.4) is 0 Å². The van der Waals surface area contributed by atoms with Crippen LogP contribution in [-0.4, -0.2) is 57.7 Å². The van der Waals surface area contributed by atoms with Crippen LogP contribution in [0.2, 0.25) is 0 Å². The Morgan fingerprint density at radius 1 is 1.31 bits per heavy atom. The van der Waals surface area contributed by atoms with Crippen molar-refractivity contribution in [2.45, 2.75) is 31.6 Å². The van der Waals surface area contributed by atoms with Gasteiger partial charge in [-0.3, -0.25) is 0 Å². The van der Waals surface area contributed by atoms with Gasteiger partial charge in [-0.2, -0.15) is 0 Å². The monoisotopic (exact) mass is 418 g/mol. The van der Waals surface area contributed by atoms with Crippen molar-refractivity contribution in [3.05, 3.63) is 41.1 Å². The summed E-state index contributed by atoms with van der Waals surface area (Å²) in [7, 11) is 1.62. The van der Waals surface area contributed by atoms with Crippen molar-refractivity contribution in [2.75, 3.05) is 19.5 Å². The van der Waals surface area contributed by atoms with E-state index in [0.29, 0.717) is 28.7 Å². The van der Waals surface area contributed by atoms with Gasteiger partial charge >= 0.3 is 12.0 Å². The Labute approximate surface area is 172 Å². The van der Waals surface area contributed by atoms with Gasteiger partial charge in [-0.25, -0.2) is 14.3 Å². The number of hydrogen-bond donors (Lipinski definition) is 2. The van der Waals surface area contributed by atoms with Crippen LogP contribution in [0.4, 0.5) is 4.79 Å². The number of nitrogens with one attached hydrogen (secondary N) is 2. The molecular weight excluding hydrogens is 396 g/mol. The number of carbonyl (C=O) groups excluding carboxylic acids is 2. The zero-order valence-corrected chi connectivity index (χ0v) is 17.2. The van der Waals surface area contributed by atoms with Gasteiger partial charge in [0.05, 0.1) is 31.9 Å². The molecule has 1 aromatic heterocycles. The second-order valence-corrected chi connectivity index (χ2v) is 7.13. The third kappa shape index (κ3) is 5.05. The molecule has 1 aliphatic heterocycles. The molecule has 1 atom stereocenters. The molecule has 2 N–H and O–H groups in total. The third-order valence-electron chi connectivity index (χ3n) is 4.20. The number of ether oxygens (including phenoxy) is 2. The van der Waals surface area contributed by atoms with Gasteiger partial charge in [-0.15, -0.1) is 5.10 Å². The zero-order chi connectivity index (χ0) is 20.8. The van der Waals surface area contributed by atoms with E-state index in [-0.39, 0.29) is 12.6 Å². The molecule has 2 heterocycles. The quantitative estimate of drug-likeness (QED) is 0.487. The number of tetrazole rings is 1. The average Bonchev–Trinajstić information content (AvgIpc) is 3.13. The Balaban J connectivity index is 1.74. The Morgan fingerprint density at radius 2 is 2.07 bits per heavy atom. The summed E-state index contributed by atoms with van der Waals surface area (Å²) in [6.07, 6.45) is 0. The van der Waals surface area contributed by atoms with Crippen LogP contribution in [0.5, 0.6) is 5.75 Å². The standard InChI is InChI=1S/C18H22N6O4S/c1-4-28-16(25)15-11(2)19-17(26)20-14(15)10-29-18-21-22-23-24(18)9-12-5-7-13(27-3)8-6-12/h5-8,11H,4,9-10H2,1-3H3,(H2,19,20,26). The molecule has 0 spiro atoms. The molecule has 0 radical (unpaired) electrons. The van der Waals surface area contributed by atoms with Crippen molar-refractivity contribution in [1.29, 1.82) is 0 Å². The maximum Gasteiger partial charge on any atom is 0.337 e. The number of carbonyl (C=O) groups is 2. The number of rotatable bonds is 8. The molecule has 11 heteroatoms. The van der Waals surface area contributed by atoms with E-state index in [0.717, 1.165) is 11.3 Å². The predicted molar refractivity (Wildman–Crippen MR) is 105 cm³/mol. The van der Waals surface area contributed by atoms with Gasteiger partial charge in [0, 0.05) is 11.4 Å². The molecule has 0 saturated heterocycles. The van der Waals surface area contributed by atoms with Gasteiger partial charge in [0.2, 0.25) is 5.16 Å². The molecule has 0 fully saturated rings. The van der Waals surface area contributed by atoms with E-state index in [1.54, 1.807) is 25.6 Å². The number of amides is 2. The van der Waals surface area contributed by atoms with E-state index in [1.165, 1.54) is 11.8 Å². The van der Waals surface area contributed by atoms with E-state index in [9.17, 15) is 9.59 Å². The minimum absolute atomic E-state index is 0.254. The molecular formula is C18H22N6O4S. The molecule has 3 rings (SSSR count). The minimum atomic E-state index is -0.457. The molecule has 10 nitrogen and oxygen atoms in total. The number of hydrogen-bond acceptors (Lipinski definition) is 8. The summed E-state index contributed by atoms with van der Waals surface area (Å²) in [5.41, 5.74) is 1.90. The molecule has 29 heavy (non-hydrogen) atoms. The maximum atomic E-state index is 12.3. The normalized spacial score (nSPS) is 16.2. The molecule has 0 saturated carbocycles. The Kier molecular flexibility index (Phi) is 6.70. The first kappa shape index (κ1) is 20.6. The van der Waals surface area contributed by atoms with Crippen LogP contribution in [0, 0.1) is 0 Å². The van der Waals surface area contributed by atoms with Gasteiger partial charge in [-0.1, -0.05) is 23.9 Å². The van der Waals surface area contributed by atoms with Crippen molar-refractivity contribution < 1.29 is 19.1 Å². The highest BCUT2D eigenvalue weighted by Gasteiger charge is 2.29. The maximum absolute atomic E-state index is 12.3. The van der Waals surface area contributed by atoms with E-state index in [4.69, 9.17) is 9.47 Å². The van der Waals surface area contributed by atoms with Crippen LogP contribution >= 0.6 is 11.8 Å². The van der Waals surface area contributed by atoms with Crippen molar-refractivity contribution >= 4 is 23.8 Å². The Morgan fingerprint density at radius 3 is 2.76 bits per heavy atom. The molecule has 2 aromatic rings. The summed E-state index contributed by atoms with van der Waals surface area (Å²) in [5.74, 6) is 0.629. The first-order chi connectivity index (χ1) is 14.0. The number of urea groups is 1. The Bertz CT molecular complexity index is 911. The second kappa shape index (κ2) is 9.41. The van der Waals surface area contributed by atoms with Gasteiger partial charge < -0.3 is 20.1 Å². The van der Waals surface area contributed by atoms with E-state index < -0.39 is 12.0 Å². The predicted octanol–water partition coefficient (Wildman–Crippen LogP) is 1.34. The number of aromatic nitrogens is 4. The summed E-state index contributed by atoms with van der Waals surface area (Å²) >= 11 is 1.32. The van der Waals surface area contributed by atoms with Crippen molar-refractivity contribution in [2.24, 2.45) is 0 Å². The van der Waals surface area contributed by atoms with Crippen LogP contribution in [0.1, 0.15) is 19.4 Å². The summed E-state index contributed by atoms with van der Waals surface area (Å²) < 4.78 is 11.9. The minimum Gasteiger partial charge on any atom is -0.497 e. The van der Waals surface area contributed by atoms with E-state index in [1.807, 2.05) is 24.3 Å². The highest BCUT2D eigenvalue weighted by molar-refractivity contribution is 7.99. The SMILES string of the molecule is CCOC(=O)C1=C(CSc2nnnn2Cc2ccc(OC)cc2)NC(=O)NC1C. The summed E-state index contributed by atoms with van der Waals surface area (Å²) in [4.78, 5) is 24.2. The van der Waals surface area contributed by atoms with Crippen molar-refractivity contribution in [3.63, 3.8) is 0 Å². The van der Waals surface area contributed by atoms with Gasteiger partial charge in [0.1, 0.15) is 5.75 Å². The van der Waals surface area contributed by atoms with E-state index in [2.05, 4.69) is 26.2 Å². The third-order valence-corrected chi connectivity index (χ3v) is 5.19. The summed E-state index contributed by atoms with van der Waals surface area (Å²) in [5, 5.41) is 17.7. The number of esters is 1. The fourth-order valence-electron chi connectivity index (χ4n) is 2.83. The summed E-state index contributed by atoms with van der Waals surface area (Å²) in [6, 6.07) is 6.80. The topological polar surface area (TPSA) is 120 Å². The van der Waals surface area contributed by atoms with Crippen LogP contribution in [0.25, 0.3) is 0 Å². The second-order valence-electron chi connectivity index (χ2n) is 6.19. The largest absolute Gasteiger partial charge is 0.497 e. The lowest BCUT2D eigenvalue weighted by Gasteiger charge is -2.26. The lowest BCUT2D eigenvalue weighted by atomic mass is 10.1. The van der Waals surface area contributed by atoms with Crippen LogP contribution in [0.15, 0.2) is 40.7 Å². The van der Waals surface area contributed by atoms with Crippen LogP contribution < -0.4 is 15.4 Å². The molecule has 0 aliphatic carbocycles. The lowest BCUT2D eigenvalue weighted by molar-refractivity contribution is -0.138. The summed E-state index contributed by atoms with van der Waals surface area (Å²) in [6.45, 7) is 4.21. The molecule has 0 bridgehead atoms. The van der Waals surface area contributed by atoms with Gasteiger partial charge in [0.25, 0.3) is 0 Å².